The molecule has 0 aromatic rings. The van der Waals surface area contributed by atoms with E-state index in [0.717, 1.165) is 89.9 Å². The summed E-state index contributed by atoms with van der Waals surface area (Å²) in [6.45, 7) is 4.29. The van der Waals surface area contributed by atoms with Crippen molar-refractivity contribution in [1.82, 2.24) is 0 Å². The summed E-state index contributed by atoms with van der Waals surface area (Å²) < 4.78 is 0. The Kier molecular flexibility index (Phi) is 42.3. The van der Waals surface area contributed by atoms with Crippen molar-refractivity contribution in [3.8, 4) is 0 Å². The molecule has 0 fully saturated rings. The molecule has 5 heteroatoms. The predicted octanol–water partition coefficient (Wildman–Crippen LogP) is 8.65. The molecular weight excluding hydrogens is 551 g/mol. The van der Waals surface area contributed by atoms with Crippen molar-refractivity contribution >= 4 is 11.9 Å². The zero-order valence-corrected chi connectivity index (χ0v) is 27.3. The monoisotopic (exact) mass is 609 g/mol. The molecule has 0 saturated heterocycles. The maximum Gasteiger partial charge on any atom is 2.00 e. The van der Waals surface area contributed by atoms with Gasteiger partial charge in [-0.3, -0.25) is 0 Å². The van der Waals surface area contributed by atoms with Gasteiger partial charge in [0.1, 0.15) is 0 Å². The van der Waals surface area contributed by atoms with E-state index in [1.807, 2.05) is 0 Å². The summed E-state index contributed by atoms with van der Waals surface area (Å²) in [5.74, 6) is -1.85. The van der Waals surface area contributed by atoms with Gasteiger partial charge in [0.2, 0.25) is 0 Å². The fourth-order valence-corrected chi connectivity index (χ4v) is 3.78. The molecule has 0 amide bonds. The van der Waals surface area contributed by atoms with Crippen molar-refractivity contribution in [3.63, 3.8) is 0 Å². The number of carboxylic acids is 2. The van der Waals surface area contributed by atoms with Gasteiger partial charge in [0.15, 0.2) is 0 Å². The van der Waals surface area contributed by atoms with Crippen LogP contribution in [-0.4, -0.2) is 11.9 Å². The van der Waals surface area contributed by atoms with E-state index in [-0.39, 0.29) is 29.9 Å². The fraction of sp³-hybridized carbons (Fsp3) is 0.611. The van der Waals surface area contributed by atoms with E-state index < -0.39 is 11.9 Å². The summed E-state index contributed by atoms with van der Waals surface area (Å²) in [7, 11) is 0. The third-order valence-electron chi connectivity index (χ3n) is 6.06. The molecule has 0 aliphatic carbocycles. The van der Waals surface area contributed by atoms with E-state index in [4.69, 9.17) is 0 Å². The van der Waals surface area contributed by atoms with E-state index in [0.29, 0.717) is 0 Å². The quantitative estimate of drug-likeness (QED) is 0.0558. The molecule has 0 saturated carbocycles. The van der Waals surface area contributed by atoms with Gasteiger partial charge in [0, 0.05) is 11.9 Å². The number of aliphatic carboxylic acids is 2. The number of carbonyl (C=O) groups excluding carboxylic acids is 2. The van der Waals surface area contributed by atoms with Crippen LogP contribution in [0.1, 0.15) is 142 Å². The van der Waals surface area contributed by atoms with Crippen molar-refractivity contribution in [2.24, 2.45) is 0 Å². The average molecular weight is 610 g/mol. The second-order valence-electron chi connectivity index (χ2n) is 9.94. The number of carboxylic acid groups (broad SMARTS) is 2. The van der Waals surface area contributed by atoms with Crippen LogP contribution in [0.5, 0.6) is 0 Å². The van der Waals surface area contributed by atoms with Crippen molar-refractivity contribution in [2.75, 3.05) is 0 Å². The zero-order valence-electron chi connectivity index (χ0n) is 26.1. The first-order chi connectivity index (χ1) is 19.5. The molecule has 0 spiro atoms. The first kappa shape index (κ1) is 43.4. The minimum Gasteiger partial charge on any atom is -0.550 e. The predicted molar refractivity (Wildman–Crippen MR) is 169 cm³/mol. The van der Waals surface area contributed by atoms with Gasteiger partial charge in [0.25, 0.3) is 0 Å². The summed E-state index contributed by atoms with van der Waals surface area (Å²) in [6, 6.07) is 0. The Morgan fingerprint density at radius 2 is 0.683 bits per heavy atom. The van der Waals surface area contributed by atoms with E-state index in [1.165, 1.54) is 25.7 Å². The van der Waals surface area contributed by atoms with Crippen LogP contribution in [0, 0.1) is 0 Å². The van der Waals surface area contributed by atoms with Crippen LogP contribution in [-0.2, 0) is 26.7 Å². The van der Waals surface area contributed by atoms with Crippen LogP contribution in [0.15, 0.2) is 72.9 Å². The van der Waals surface area contributed by atoms with Crippen LogP contribution in [0.4, 0.5) is 0 Å². The van der Waals surface area contributed by atoms with Gasteiger partial charge in [-0.25, -0.2) is 0 Å². The van der Waals surface area contributed by atoms with E-state index >= 15 is 0 Å². The molecule has 4 nitrogen and oxygen atoms in total. The topological polar surface area (TPSA) is 80.3 Å². The maximum atomic E-state index is 10.2. The summed E-state index contributed by atoms with van der Waals surface area (Å²) in [6.07, 6.45) is 46.1. The van der Waals surface area contributed by atoms with Crippen molar-refractivity contribution < 1.29 is 36.9 Å². The summed E-state index contributed by atoms with van der Waals surface area (Å²) in [5.41, 5.74) is 0. The molecule has 0 rings (SSSR count). The molecule has 0 aliphatic heterocycles. The van der Waals surface area contributed by atoms with Crippen molar-refractivity contribution in [2.45, 2.75) is 142 Å². The van der Waals surface area contributed by atoms with Gasteiger partial charge in [-0.1, -0.05) is 125 Å². The number of allylic oxidation sites excluding steroid dienone is 12. The molecule has 0 aromatic heterocycles. The largest absolute Gasteiger partial charge is 2.00 e. The normalized spacial score (nSPS) is 11.8. The second-order valence-corrected chi connectivity index (χ2v) is 9.94. The van der Waals surface area contributed by atoms with Gasteiger partial charge >= 0.3 is 17.1 Å². The third-order valence-corrected chi connectivity index (χ3v) is 6.06. The van der Waals surface area contributed by atoms with Crippen molar-refractivity contribution in [1.29, 1.82) is 0 Å². The maximum absolute atomic E-state index is 10.2. The van der Waals surface area contributed by atoms with Crippen LogP contribution >= 0.6 is 0 Å². The minimum atomic E-state index is -0.925. The Labute approximate surface area is 263 Å². The second kappa shape index (κ2) is 40.0. The first-order valence-electron chi connectivity index (χ1n) is 15.8. The van der Waals surface area contributed by atoms with Crippen LogP contribution in [0.2, 0.25) is 0 Å². The van der Waals surface area contributed by atoms with Gasteiger partial charge < -0.3 is 19.8 Å². The van der Waals surface area contributed by atoms with Crippen molar-refractivity contribution in [3.05, 3.63) is 72.9 Å². The molecule has 0 aromatic carbocycles. The average Bonchev–Trinajstić information content (AvgIpc) is 2.93. The Morgan fingerprint density at radius 1 is 0.415 bits per heavy atom. The standard InChI is InChI=1S/2C18H30O2.Mn/c2*1-2-3-4-5-6-7-8-9-10-11-12-13-14-15-16-17-18(19)20;/h2*3-4,6-7,9-10H,2,5,8,11-17H2,1H3,(H,19,20);/q;;+2/p-2/b2*4-3-,7-6-,10-9-;. The minimum absolute atomic E-state index is 0. The van der Waals surface area contributed by atoms with E-state index in [2.05, 4.69) is 86.8 Å². The summed E-state index contributed by atoms with van der Waals surface area (Å²) in [5, 5.41) is 20.4. The number of hydrogen-bond acceptors (Lipinski definition) is 4. The summed E-state index contributed by atoms with van der Waals surface area (Å²) >= 11 is 0. The molecule has 0 bridgehead atoms. The van der Waals surface area contributed by atoms with Crippen LogP contribution in [0.3, 0.4) is 0 Å². The molecule has 41 heavy (non-hydrogen) atoms. The number of carbonyl (C=O) groups is 2. The Bertz CT molecular complexity index is 670. The number of unbranched alkanes of at least 4 members (excludes halogenated alkanes) is 10. The third kappa shape index (κ3) is 48.0. The number of rotatable bonds is 26. The van der Waals surface area contributed by atoms with Gasteiger partial charge in [-0.05, 0) is 89.9 Å². The first-order valence-corrected chi connectivity index (χ1v) is 15.8. The molecule has 0 heterocycles. The smallest absolute Gasteiger partial charge is 0.550 e. The van der Waals surface area contributed by atoms with Gasteiger partial charge in [0.05, 0.1) is 0 Å². The Morgan fingerprint density at radius 3 is 1.00 bits per heavy atom. The SMILES string of the molecule is CC/C=C\C/C=C\C/C=C\CCCCCCCC(=O)[O-].CC/C=C\C/C=C\C/C=C\CCCCCCCC(=O)[O-].[Mn+2]. The fourth-order valence-electron chi connectivity index (χ4n) is 3.78. The molecule has 233 valence electrons. The number of hydrogen-bond donors (Lipinski definition) is 0. The van der Waals surface area contributed by atoms with Crippen LogP contribution in [0.25, 0.3) is 0 Å². The molecule has 0 unspecified atom stereocenters. The Balaban J connectivity index is -0.000000688. The van der Waals surface area contributed by atoms with Gasteiger partial charge in [-0.2, -0.15) is 0 Å². The van der Waals surface area contributed by atoms with E-state index in [1.54, 1.807) is 0 Å². The molecule has 0 atom stereocenters. The molecule has 0 aliphatic rings. The molecule has 1 radical (unpaired) electrons. The Hall–Kier alpha value is -2.10. The molecular formula is C36H58MnO4. The van der Waals surface area contributed by atoms with E-state index in [9.17, 15) is 19.8 Å². The zero-order chi connectivity index (χ0) is 29.8. The van der Waals surface area contributed by atoms with Crippen LogP contribution < -0.4 is 10.2 Å². The summed E-state index contributed by atoms with van der Waals surface area (Å²) in [4.78, 5) is 20.4. The molecule has 0 N–H and O–H groups in total. The van der Waals surface area contributed by atoms with Gasteiger partial charge in [-0.15, -0.1) is 0 Å².